The maximum Gasteiger partial charge on any atom is 0.155 e. The van der Waals surface area contributed by atoms with Gasteiger partial charge in [0.25, 0.3) is 0 Å². The summed E-state index contributed by atoms with van der Waals surface area (Å²) in [5, 5.41) is 13.3. The molecule has 6 heterocycles. The number of pyridine rings is 4. The summed E-state index contributed by atoms with van der Waals surface area (Å²) in [5.41, 5.74) is 8.50. The van der Waals surface area contributed by atoms with Gasteiger partial charge in [-0.25, -0.2) is 4.98 Å². The molecule has 0 saturated heterocycles. The van der Waals surface area contributed by atoms with E-state index < -0.39 is 0 Å². The molecule has 8 heteroatoms. The van der Waals surface area contributed by atoms with Crippen molar-refractivity contribution >= 4 is 21.9 Å². The van der Waals surface area contributed by atoms with E-state index in [2.05, 4.69) is 58.6 Å². The van der Waals surface area contributed by atoms with Crippen molar-refractivity contribution < 1.29 is 0 Å². The topological polar surface area (TPSA) is 108 Å². The lowest BCUT2D eigenvalue weighted by Gasteiger charge is -2.11. The zero-order valence-corrected chi connectivity index (χ0v) is 21.0. The van der Waals surface area contributed by atoms with Gasteiger partial charge in [-0.05, 0) is 61.2 Å². The molecule has 188 valence electrons. The molecule has 1 aliphatic rings. The van der Waals surface area contributed by atoms with Crippen LogP contribution in [0.3, 0.4) is 0 Å². The Kier molecular flexibility index (Phi) is 5.86. The largest absolute Gasteiger partial charge is 0.352 e. The summed E-state index contributed by atoms with van der Waals surface area (Å²) in [7, 11) is 0. The molecule has 0 aliphatic heterocycles. The Bertz CT molecular complexity index is 1710. The number of H-pyrrole nitrogens is 2. The molecule has 1 saturated carbocycles. The SMILES string of the molecule is c1ccc(-c2cncc3[nH]c(-c4n[nH]c5ncc(-c6cncc(CNCC7CCCC7)c6)cc45)cc23)nc1. The van der Waals surface area contributed by atoms with Crippen LogP contribution in [-0.4, -0.2) is 41.7 Å². The van der Waals surface area contributed by atoms with Crippen LogP contribution in [0.25, 0.3) is 55.7 Å². The van der Waals surface area contributed by atoms with Gasteiger partial charge in [0.05, 0.1) is 23.1 Å². The number of hydrogen-bond donors (Lipinski definition) is 3. The van der Waals surface area contributed by atoms with Crippen LogP contribution in [0.1, 0.15) is 31.2 Å². The standard InChI is InChI=1S/C30H28N8/c1-2-6-19(5-1)12-31-13-20-9-21(15-32-14-20)22-10-24-29(37-38-30(24)35-16-22)27-11-23-25(17-33-18-28(23)36-27)26-7-3-4-8-34-26/h3-4,7-11,14-19,31,36H,1-2,5-6,12-13H2,(H,35,37,38). The van der Waals surface area contributed by atoms with E-state index in [0.717, 1.165) is 74.7 Å². The Hall–Kier alpha value is -4.43. The zero-order chi connectivity index (χ0) is 25.3. The highest BCUT2D eigenvalue weighted by Crippen LogP contribution is 2.33. The molecule has 0 bridgehead atoms. The molecule has 0 amide bonds. The van der Waals surface area contributed by atoms with Gasteiger partial charge >= 0.3 is 0 Å². The first kappa shape index (κ1) is 22.7. The van der Waals surface area contributed by atoms with Gasteiger partial charge in [-0.15, -0.1) is 0 Å². The third-order valence-corrected chi connectivity index (χ3v) is 7.52. The lowest BCUT2D eigenvalue weighted by atomic mass is 10.1. The van der Waals surface area contributed by atoms with Crippen molar-refractivity contribution in [3.8, 4) is 33.8 Å². The van der Waals surface area contributed by atoms with Crippen LogP contribution in [0, 0.1) is 5.92 Å². The molecule has 3 N–H and O–H groups in total. The average Bonchev–Trinajstić information content (AvgIpc) is 3.73. The van der Waals surface area contributed by atoms with Crippen molar-refractivity contribution in [1.29, 1.82) is 0 Å². The summed E-state index contributed by atoms with van der Waals surface area (Å²) in [4.78, 5) is 21.6. The second-order valence-electron chi connectivity index (χ2n) is 10.1. The molecule has 0 aromatic carbocycles. The smallest absolute Gasteiger partial charge is 0.155 e. The summed E-state index contributed by atoms with van der Waals surface area (Å²) in [6.07, 6.45) is 16.6. The van der Waals surface area contributed by atoms with Crippen LogP contribution in [0.5, 0.6) is 0 Å². The fraction of sp³-hybridized carbons (Fsp3) is 0.233. The zero-order valence-electron chi connectivity index (χ0n) is 21.0. The minimum Gasteiger partial charge on any atom is -0.352 e. The summed E-state index contributed by atoms with van der Waals surface area (Å²) < 4.78 is 0. The van der Waals surface area contributed by atoms with E-state index in [0.29, 0.717) is 0 Å². The minimum absolute atomic E-state index is 0.743. The third-order valence-electron chi connectivity index (χ3n) is 7.52. The minimum atomic E-state index is 0.743. The number of nitrogens with one attached hydrogen (secondary N) is 3. The molecular weight excluding hydrogens is 472 g/mol. The lowest BCUT2D eigenvalue weighted by Crippen LogP contribution is -2.20. The molecular formula is C30H28N8. The molecule has 7 rings (SSSR count). The van der Waals surface area contributed by atoms with Gasteiger partial charge in [0.1, 0.15) is 5.69 Å². The fourth-order valence-corrected chi connectivity index (χ4v) is 5.55. The molecule has 6 aromatic heterocycles. The molecule has 1 aliphatic carbocycles. The Balaban J connectivity index is 1.20. The van der Waals surface area contributed by atoms with Crippen LogP contribution < -0.4 is 5.32 Å². The maximum atomic E-state index is 4.67. The van der Waals surface area contributed by atoms with Crippen LogP contribution in [-0.2, 0) is 6.54 Å². The first-order valence-electron chi connectivity index (χ1n) is 13.2. The lowest BCUT2D eigenvalue weighted by molar-refractivity contribution is 0.489. The van der Waals surface area contributed by atoms with Crippen LogP contribution >= 0.6 is 0 Å². The number of nitrogens with zero attached hydrogens (tertiary/aromatic N) is 5. The highest BCUT2D eigenvalue weighted by molar-refractivity contribution is 6.00. The number of hydrogen-bond acceptors (Lipinski definition) is 6. The molecule has 0 spiro atoms. The van der Waals surface area contributed by atoms with Crippen molar-refractivity contribution in [2.24, 2.45) is 5.92 Å². The number of aromatic amines is 2. The molecule has 0 radical (unpaired) electrons. The van der Waals surface area contributed by atoms with E-state index in [1.807, 2.05) is 49.2 Å². The van der Waals surface area contributed by atoms with Gasteiger partial charge in [0, 0.05) is 65.0 Å². The second-order valence-corrected chi connectivity index (χ2v) is 10.1. The second kappa shape index (κ2) is 9.79. The number of fused-ring (bicyclic) bond motifs is 2. The van der Waals surface area contributed by atoms with Crippen LogP contribution in [0.2, 0.25) is 0 Å². The van der Waals surface area contributed by atoms with E-state index in [9.17, 15) is 0 Å². The van der Waals surface area contributed by atoms with E-state index >= 15 is 0 Å². The normalized spacial score (nSPS) is 14.1. The Labute approximate surface area is 220 Å². The fourth-order valence-electron chi connectivity index (χ4n) is 5.55. The maximum absolute atomic E-state index is 4.67. The van der Waals surface area contributed by atoms with Crippen molar-refractivity contribution in [3.05, 3.63) is 79.1 Å². The third kappa shape index (κ3) is 4.33. The van der Waals surface area contributed by atoms with E-state index in [1.54, 1.807) is 6.20 Å². The van der Waals surface area contributed by atoms with Crippen molar-refractivity contribution in [2.75, 3.05) is 6.54 Å². The first-order valence-corrected chi connectivity index (χ1v) is 13.2. The molecule has 0 atom stereocenters. The summed E-state index contributed by atoms with van der Waals surface area (Å²) in [6, 6.07) is 12.3. The van der Waals surface area contributed by atoms with Gasteiger partial charge in [0.2, 0.25) is 0 Å². The van der Waals surface area contributed by atoms with Crippen molar-refractivity contribution in [2.45, 2.75) is 32.2 Å². The van der Waals surface area contributed by atoms with E-state index in [-0.39, 0.29) is 0 Å². The highest BCUT2D eigenvalue weighted by Gasteiger charge is 2.16. The quantitative estimate of drug-likeness (QED) is 0.252. The summed E-state index contributed by atoms with van der Waals surface area (Å²) in [5.74, 6) is 0.817. The summed E-state index contributed by atoms with van der Waals surface area (Å²) in [6.45, 7) is 1.91. The molecule has 0 unspecified atom stereocenters. The Morgan fingerprint density at radius 2 is 1.76 bits per heavy atom. The predicted octanol–water partition coefficient (Wildman–Crippen LogP) is 5.91. The number of aromatic nitrogens is 7. The van der Waals surface area contributed by atoms with E-state index in [1.165, 1.54) is 31.2 Å². The van der Waals surface area contributed by atoms with Gasteiger partial charge in [-0.2, -0.15) is 5.10 Å². The van der Waals surface area contributed by atoms with Gasteiger partial charge < -0.3 is 10.3 Å². The Morgan fingerprint density at radius 1 is 0.868 bits per heavy atom. The van der Waals surface area contributed by atoms with E-state index in [4.69, 9.17) is 0 Å². The molecule has 38 heavy (non-hydrogen) atoms. The van der Waals surface area contributed by atoms with Crippen molar-refractivity contribution in [3.63, 3.8) is 0 Å². The van der Waals surface area contributed by atoms with Crippen LogP contribution in [0.4, 0.5) is 0 Å². The molecule has 6 aromatic rings. The van der Waals surface area contributed by atoms with Gasteiger partial charge in [-0.1, -0.05) is 18.9 Å². The first-order chi connectivity index (χ1) is 18.8. The summed E-state index contributed by atoms with van der Waals surface area (Å²) >= 11 is 0. The highest BCUT2D eigenvalue weighted by atomic mass is 15.2. The predicted molar refractivity (Wildman–Crippen MR) is 149 cm³/mol. The molecule has 8 nitrogen and oxygen atoms in total. The van der Waals surface area contributed by atoms with Crippen LogP contribution in [0.15, 0.2) is 73.6 Å². The Morgan fingerprint density at radius 3 is 2.66 bits per heavy atom. The number of rotatable bonds is 7. The van der Waals surface area contributed by atoms with Crippen molar-refractivity contribution in [1.82, 2.24) is 40.4 Å². The average molecular weight is 501 g/mol. The molecule has 1 fully saturated rings. The van der Waals surface area contributed by atoms with Gasteiger partial charge in [0.15, 0.2) is 5.65 Å². The van der Waals surface area contributed by atoms with Gasteiger partial charge in [-0.3, -0.25) is 20.1 Å². The monoisotopic (exact) mass is 500 g/mol.